The van der Waals surface area contributed by atoms with Crippen molar-refractivity contribution in [3.63, 3.8) is 0 Å². The van der Waals surface area contributed by atoms with Crippen molar-refractivity contribution in [1.82, 2.24) is 0 Å². The van der Waals surface area contributed by atoms with E-state index in [0.29, 0.717) is 26.3 Å². The van der Waals surface area contributed by atoms with Crippen LogP contribution in [-0.4, -0.2) is 32.6 Å². The molecule has 0 aliphatic heterocycles. The summed E-state index contributed by atoms with van der Waals surface area (Å²) in [5, 5.41) is 0. The van der Waals surface area contributed by atoms with Gasteiger partial charge in [-0.1, -0.05) is 0 Å². The number of halogens is 2. The molecule has 4 N–H and O–H groups in total. The molecule has 0 saturated heterocycles. The van der Waals surface area contributed by atoms with Crippen LogP contribution in [-0.2, 0) is 9.47 Å². The molecule has 0 aromatic rings. The predicted octanol–water partition coefficient (Wildman–Crippen LogP) is 0.127. The maximum absolute atomic E-state index is 5.20. The minimum absolute atomic E-state index is 0. The quantitative estimate of drug-likeness (QED) is 0.625. The van der Waals surface area contributed by atoms with Gasteiger partial charge in [-0.2, -0.15) is 0 Å². The number of hydrogen-bond acceptors (Lipinski definition) is 4. The van der Waals surface area contributed by atoms with Gasteiger partial charge in [0.25, 0.3) is 0 Å². The molecule has 0 radical (unpaired) electrons. The smallest absolute Gasteiger partial charge is 0.154 e. The van der Waals surface area contributed by atoms with E-state index in [-0.39, 0.29) is 31.1 Å². The maximum Gasteiger partial charge on any atom is 0.154 e. The monoisotopic (exact) mass is 220 g/mol. The second-order valence-corrected chi connectivity index (χ2v) is 1.89. The summed E-state index contributed by atoms with van der Waals surface area (Å²) in [6.45, 7) is 3.94. The van der Waals surface area contributed by atoms with Gasteiger partial charge in [0.1, 0.15) is 0 Å². The topological polar surface area (TPSA) is 70.5 Å². The summed E-state index contributed by atoms with van der Waals surface area (Å²) in [6, 6.07) is 0. The second kappa shape index (κ2) is 14.0. The molecule has 0 heterocycles. The SMILES string of the molecule is CC(OCCN)OCCN.Cl.Cl. The largest absolute Gasteiger partial charge is 0.352 e. The summed E-state index contributed by atoms with van der Waals surface area (Å²) in [6.07, 6.45) is -0.188. The zero-order chi connectivity index (χ0) is 7.82. The van der Waals surface area contributed by atoms with Crippen LogP contribution in [0.15, 0.2) is 0 Å². The lowest BCUT2D eigenvalue weighted by Gasteiger charge is -2.11. The number of hydrogen-bond donors (Lipinski definition) is 2. The van der Waals surface area contributed by atoms with Crippen LogP contribution < -0.4 is 11.5 Å². The van der Waals surface area contributed by atoms with E-state index in [1.165, 1.54) is 0 Å². The van der Waals surface area contributed by atoms with Crippen molar-refractivity contribution in [2.24, 2.45) is 11.5 Å². The molecule has 4 nitrogen and oxygen atoms in total. The second-order valence-electron chi connectivity index (χ2n) is 1.89. The highest BCUT2D eigenvalue weighted by Crippen LogP contribution is 1.90. The lowest BCUT2D eigenvalue weighted by molar-refractivity contribution is -0.126. The van der Waals surface area contributed by atoms with Gasteiger partial charge in [0.2, 0.25) is 0 Å². The molecule has 0 amide bonds. The molecule has 0 atom stereocenters. The van der Waals surface area contributed by atoms with Crippen LogP contribution >= 0.6 is 24.8 Å². The molecule has 12 heavy (non-hydrogen) atoms. The zero-order valence-electron chi connectivity index (χ0n) is 7.19. The molecule has 0 aliphatic rings. The lowest BCUT2D eigenvalue weighted by Crippen LogP contribution is -2.21. The Balaban J connectivity index is -0.000000405. The average Bonchev–Trinajstić information content (AvgIpc) is 1.97. The van der Waals surface area contributed by atoms with E-state index in [2.05, 4.69) is 0 Å². The first-order valence-corrected chi connectivity index (χ1v) is 3.44. The molecule has 0 aliphatic carbocycles. The van der Waals surface area contributed by atoms with Gasteiger partial charge < -0.3 is 20.9 Å². The third-order valence-corrected chi connectivity index (χ3v) is 0.941. The van der Waals surface area contributed by atoms with Crippen molar-refractivity contribution >= 4 is 24.8 Å². The van der Waals surface area contributed by atoms with Crippen LogP contribution in [0.2, 0.25) is 0 Å². The molecular weight excluding hydrogens is 203 g/mol. The summed E-state index contributed by atoms with van der Waals surface area (Å²) in [5.41, 5.74) is 10.4. The highest BCUT2D eigenvalue weighted by atomic mass is 35.5. The Hall–Kier alpha value is 0.420. The van der Waals surface area contributed by atoms with E-state index in [0.717, 1.165) is 0 Å². The third-order valence-electron chi connectivity index (χ3n) is 0.941. The van der Waals surface area contributed by atoms with Gasteiger partial charge in [-0.25, -0.2) is 0 Å². The normalized spacial score (nSPS) is 9.00. The minimum atomic E-state index is -0.188. The van der Waals surface area contributed by atoms with Crippen LogP contribution in [0.3, 0.4) is 0 Å². The van der Waals surface area contributed by atoms with Gasteiger partial charge in [0, 0.05) is 13.1 Å². The Morgan fingerprint density at radius 2 is 1.33 bits per heavy atom. The van der Waals surface area contributed by atoms with E-state index in [1.807, 2.05) is 6.92 Å². The molecule has 0 unspecified atom stereocenters. The van der Waals surface area contributed by atoms with Gasteiger partial charge in [0.15, 0.2) is 6.29 Å². The van der Waals surface area contributed by atoms with Crippen LogP contribution in [0.5, 0.6) is 0 Å². The van der Waals surface area contributed by atoms with Gasteiger partial charge in [0.05, 0.1) is 13.2 Å². The first-order valence-electron chi connectivity index (χ1n) is 3.44. The molecule has 0 bridgehead atoms. The Morgan fingerprint density at radius 3 is 1.58 bits per heavy atom. The van der Waals surface area contributed by atoms with Crippen LogP contribution in [0.1, 0.15) is 6.92 Å². The number of nitrogens with two attached hydrogens (primary N) is 2. The fraction of sp³-hybridized carbons (Fsp3) is 1.00. The molecule has 6 heteroatoms. The first-order chi connectivity index (χ1) is 4.81. The van der Waals surface area contributed by atoms with E-state index in [1.54, 1.807) is 0 Å². The van der Waals surface area contributed by atoms with Crippen molar-refractivity contribution in [2.75, 3.05) is 26.3 Å². The standard InChI is InChI=1S/C6H16N2O2.2ClH/c1-6(9-4-2-7)10-5-3-8;;/h6H,2-5,7-8H2,1H3;2*1H. The van der Waals surface area contributed by atoms with Gasteiger partial charge in [-0.15, -0.1) is 24.8 Å². The van der Waals surface area contributed by atoms with Crippen molar-refractivity contribution in [1.29, 1.82) is 0 Å². The minimum Gasteiger partial charge on any atom is -0.352 e. The fourth-order valence-corrected chi connectivity index (χ4v) is 0.516. The maximum atomic E-state index is 5.20. The van der Waals surface area contributed by atoms with Gasteiger partial charge >= 0.3 is 0 Å². The van der Waals surface area contributed by atoms with Crippen LogP contribution in [0.25, 0.3) is 0 Å². The van der Waals surface area contributed by atoms with Gasteiger partial charge in [-0.3, -0.25) is 0 Å². The molecule has 0 aromatic heterocycles. The van der Waals surface area contributed by atoms with Gasteiger partial charge in [-0.05, 0) is 6.92 Å². The molecule has 0 fully saturated rings. The predicted molar refractivity (Wildman–Crippen MR) is 54.0 cm³/mol. The Kier molecular flexibility index (Phi) is 21.3. The molecule has 0 aromatic carbocycles. The zero-order valence-corrected chi connectivity index (χ0v) is 8.83. The van der Waals surface area contributed by atoms with Crippen LogP contribution in [0.4, 0.5) is 0 Å². The third kappa shape index (κ3) is 13.0. The van der Waals surface area contributed by atoms with Crippen molar-refractivity contribution in [2.45, 2.75) is 13.2 Å². The Labute approximate surface area is 85.8 Å². The first kappa shape index (κ1) is 18.3. The fourth-order valence-electron chi connectivity index (χ4n) is 0.516. The lowest BCUT2D eigenvalue weighted by atomic mass is 10.6. The Morgan fingerprint density at radius 1 is 1.00 bits per heavy atom. The Bertz CT molecular complexity index is 70.6. The van der Waals surface area contributed by atoms with Crippen molar-refractivity contribution < 1.29 is 9.47 Å². The summed E-state index contributed by atoms with van der Waals surface area (Å²) in [4.78, 5) is 0. The molecule has 0 spiro atoms. The van der Waals surface area contributed by atoms with E-state index < -0.39 is 0 Å². The van der Waals surface area contributed by atoms with Crippen molar-refractivity contribution in [3.8, 4) is 0 Å². The number of ether oxygens (including phenoxy) is 2. The number of rotatable bonds is 6. The highest BCUT2D eigenvalue weighted by molar-refractivity contribution is 5.85. The summed E-state index contributed by atoms with van der Waals surface area (Å²) in [7, 11) is 0. The van der Waals surface area contributed by atoms with E-state index in [9.17, 15) is 0 Å². The molecule has 0 rings (SSSR count). The average molecular weight is 221 g/mol. The van der Waals surface area contributed by atoms with Crippen molar-refractivity contribution in [3.05, 3.63) is 0 Å². The summed E-state index contributed by atoms with van der Waals surface area (Å²) < 4.78 is 10.2. The molecular formula is C6H18Cl2N2O2. The summed E-state index contributed by atoms with van der Waals surface area (Å²) >= 11 is 0. The highest BCUT2D eigenvalue weighted by Gasteiger charge is 1.98. The van der Waals surface area contributed by atoms with E-state index >= 15 is 0 Å². The van der Waals surface area contributed by atoms with E-state index in [4.69, 9.17) is 20.9 Å². The van der Waals surface area contributed by atoms with Crippen LogP contribution in [0, 0.1) is 0 Å². The molecule has 0 saturated carbocycles. The molecule has 78 valence electrons. The summed E-state index contributed by atoms with van der Waals surface area (Å²) in [5.74, 6) is 0.